The van der Waals surface area contributed by atoms with E-state index in [0.29, 0.717) is 19.3 Å². The molecule has 1 aromatic carbocycles. The van der Waals surface area contributed by atoms with Crippen LogP contribution in [0.25, 0.3) is 0 Å². The van der Waals surface area contributed by atoms with E-state index in [9.17, 15) is 23.9 Å². The first-order valence-electron chi connectivity index (χ1n) is 10.9. The lowest BCUT2D eigenvalue weighted by Crippen LogP contribution is -2.46. The largest absolute Gasteiger partial charge is 0.481 e. The van der Waals surface area contributed by atoms with Gasteiger partial charge in [0.15, 0.2) is 11.6 Å². The number of aliphatic carboxylic acids is 1. The van der Waals surface area contributed by atoms with Gasteiger partial charge in [0.25, 0.3) is 0 Å². The molecule has 2 aromatic rings. The minimum atomic E-state index is -0.828. The maximum absolute atomic E-state index is 14.2. The maximum atomic E-state index is 14.2. The number of halogens is 2. The molecular weight excluding hydrogens is 497 g/mol. The molecule has 1 heterocycles. The summed E-state index contributed by atoms with van der Waals surface area (Å²) in [5.74, 6) is -3.53. The van der Waals surface area contributed by atoms with Gasteiger partial charge in [-0.05, 0) is 56.0 Å². The van der Waals surface area contributed by atoms with Crippen molar-refractivity contribution in [1.82, 2.24) is 5.32 Å². The number of benzene rings is 1. The summed E-state index contributed by atoms with van der Waals surface area (Å²) in [6, 6.07) is 6.78. The number of carboxylic acid groups (broad SMARTS) is 1. The highest BCUT2D eigenvalue weighted by atomic mass is 35.5. The minimum absolute atomic E-state index is 0. The van der Waals surface area contributed by atoms with E-state index in [-0.39, 0.29) is 46.4 Å². The lowest BCUT2D eigenvalue weighted by atomic mass is 9.83. The predicted molar refractivity (Wildman–Crippen MR) is 133 cm³/mol. The number of amidine groups is 1. The standard InChI is InChI=1S/C24H28FN3O5S.ClH/c1-24(2,23(32)28-15-5-3-4-14(10-15)21(29)30)12-16-7-9-19(34-16)22(31)33-18-8-6-13(20(26)27)11-17(18)25;/h6-9,11,14-15H,3-5,10,12H2,1-2H3,(H3,26,27)(H,28,32)(H,29,30);1H/t14-,15+;/m1./s1. The van der Waals surface area contributed by atoms with E-state index < -0.39 is 29.1 Å². The van der Waals surface area contributed by atoms with Crippen molar-refractivity contribution in [3.05, 3.63) is 51.5 Å². The van der Waals surface area contributed by atoms with Gasteiger partial charge in [-0.2, -0.15) is 0 Å². The molecule has 1 fully saturated rings. The lowest BCUT2D eigenvalue weighted by molar-refractivity contribution is -0.143. The van der Waals surface area contributed by atoms with Gasteiger partial charge < -0.3 is 20.9 Å². The number of hydrogen-bond donors (Lipinski definition) is 4. The predicted octanol–water partition coefficient (Wildman–Crippen LogP) is 4.14. The van der Waals surface area contributed by atoms with Crippen molar-refractivity contribution in [3.8, 4) is 5.75 Å². The van der Waals surface area contributed by atoms with Crippen molar-refractivity contribution < 1.29 is 28.6 Å². The van der Waals surface area contributed by atoms with Crippen molar-refractivity contribution in [2.24, 2.45) is 17.1 Å². The number of esters is 1. The van der Waals surface area contributed by atoms with Crippen molar-refractivity contribution in [3.63, 3.8) is 0 Å². The molecule has 35 heavy (non-hydrogen) atoms. The van der Waals surface area contributed by atoms with Crippen molar-refractivity contribution in [2.75, 3.05) is 0 Å². The first-order chi connectivity index (χ1) is 16.0. The second-order valence-electron chi connectivity index (χ2n) is 9.15. The summed E-state index contributed by atoms with van der Waals surface area (Å²) < 4.78 is 19.3. The number of carboxylic acids is 1. The number of thiophene rings is 1. The maximum Gasteiger partial charge on any atom is 0.353 e. The van der Waals surface area contributed by atoms with Gasteiger partial charge in [-0.15, -0.1) is 23.7 Å². The first-order valence-corrected chi connectivity index (χ1v) is 11.8. The average molecular weight is 526 g/mol. The monoisotopic (exact) mass is 525 g/mol. The zero-order valence-electron chi connectivity index (χ0n) is 19.4. The third-order valence-electron chi connectivity index (χ3n) is 5.90. The van der Waals surface area contributed by atoms with Gasteiger partial charge in [0, 0.05) is 21.9 Å². The summed E-state index contributed by atoms with van der Waals surface area (Å²) in [6.07, 6.45) is 2.94. The van der Waals surface area contributed by atoms with Crippen LogP contribution in [0.3, 0.4) is 0 Å². The van der Waals surface area contributed by atoms with Gasteiger partial charge in [-0.1, -0.05) is 20.3 Å². The van der Waals surface area contributed by atoms with Crippen LogP contribution in [-0.4, -0.2) is 34.8 Å². The number of carbonyl (C=O) groups excluding carboxylic acids is 2. The molecule has 0 unspecified atom stereocenters. The third-order valence-corrected chi connectivity index (χ3v) is 6.96. The number of rotatable bonds is 8. The lowest BCUT2D eigenvalue weighted by Gasteiger charge is -2.31. The van der Waals surface area contributed by atoms with E-state index in [1.54, 1.807) is 26.0 Å². The molecule has 0 saturated heterocycles. The number of nitrogens with one attached hydrogen (secondary N) is 2. The van der Waals surface area contributed by atoms with Gasteiger partial charge in [0.1, 0.15) is 10.7 Å². The molecule has 0 aliphatic heterocycles. The normalized spacial score (nSPS) is 17.7. The molecular formula is C24H29ClFN3O5S. The fourth-order valence-electron chi connectivity index (χ4n) is 3.93. The molecule has 190 valence electrons. The zero-order valence-corrected chi connectivity index (χ0v) is 21.1. The molecule has 3 rings (SSSR count). The molecule has 1 aromatic heterocycles. The molecule has 2 atom stereocenters. The Labute approximate surface area is 213 Å². The van der Waals surface area contributed by atoms with Crippen LogP contribution >= 0.6 is 23.7 Å². The summed E-state index contributed by atoms with van der Waals surface area (Å²) >= 11 is 1.16. The highest BCUT2D eigenvalue weighted by Gasteiger charge is 2.33. The van der Waals surface area contributed by atoms with Crippen LogP contribution in [-0.2, 0) is 16.0 Å². The fraction of sp³-hybridized carbons (Fsp3) is 0.417. The van der Waals surface area contributed by atoms with Crippen LogP contribution in [0.4, 0.5) is 4.39 Å². The number of carbonyl (C=O) groups is 3. The number of ether oxygens (including phenoxy) is 1. The van der Waals surface area contributed by atoms with Crippen LogP contribution in [0, 0.1) is 22.6 Å². The van der Waals surface area contributed by atoms with Crippen LogP contribution in [0.1, 0.15) is 59.6 Å². The summed E-state index contributed by atoms with van der Waals surface area (Å²) in [6.45, 7) is 3.59. The molecule has 1 amide bonds. The number of hydrogen-bond acceptors (Lipinski definition) is 6. The van der Waals surface area contributed by atoms with E-state index in [0.717, 1.165) is 35.1 Å². The zero-order chi connectivity index (χ0) is 25.0. The molecule has 1 aliphatic rings. The molecule has 8 nitrogen and oxygen atoms in total. The van der Waals surface area contributed by atoms with E-state index >= 15 is 0 Å². The number of nitrogens with two attached hydrogens (primary N) is 1. The molecule has 5 N–H and O–H groups in total. The quantitative estimate of drug-likeness (QED) is 0.176. The minimum Gasteiger partial charge on any atom is -0.481 e. The van der Waals surface area contributed by atoms with E-state index in [4.69, 9.17) is 15.9 Å². The summed E-state index contributed by atoms with van der Waals surface area (Å²) in [4.78, 5) is 37.7. The second-order valence-corrected chi connectivity index (χ2v) is 10.3. The highest BCUT2D eigenvalue weighted by molar-refractivity contribution is 7.14. The van der Waals surface area contributed by atoms with Gasteiger partial charge in [-0.3, -0.25) is 15.0 Å². The highest BCUT2D eigenvalue weighted by Crippen LogP contribution is 2.30. The topological polar surface area (TPSA) is 143 Å². The fourth-order valence-corrected chi connectivity index (χ4v) is 5.04. The summed E-state index contributed by atoms with van der Waals surface area (Å²) in [5.41, 5.74) is 4.73. The molecule has 0 radical (unpaired) electrons. The average Bonchev–Trinajstić information content (AvgIpc) is 3.23. The Kier molecular flexibility index (Phi) is 9.39. The molecule has 0 spiro atoms. The first kappa shape index (κ1) is 28.3. The second kappa shape index (κ2) is 11.6. The molecule has 1 aliphatic carbocycles. The van der Waals surface area contributed by atoms with Crippen molar-refractivity contribution >= 4 is 47.4 Å². The third kappa shape index (κ3) is 7.25. The Balaban J connectivity index is 0.00000432. The molecule has 0 bridgehead atoms. The Hall–Kier alpha value is -2.98. The summed E-state index contributed by atoms with van der Waals surface area (Å²) in [7, 11) is 0. The van der Waals surface area contributed by atoms with Gasteiger partial charge in [0.05, 0.1) is 5.92 Å². The van der Waals surface area contributed by atoms with Gasteiger partial charge >= 0.3 is 11.9 Å². The smallest absolute Gasteiger partial charge is 0.353 e. The Morgan fingerprint density at radius 3 is 2.60 bits per heavy atom. The summed E-state index contributed by atoms with van der Waals surface area (Å²) in [5, 5.41) is 19.6. The van der Waals surface area contributed by atoms with E-state index in [1.165, 1.54) is 12.1 Å². The van der Waals surface area contributed by atoms with Gasteiger partial charge in [-0.25, -0.2) is 9.18 Å². The van der Waals surface area contributed by atoms with Crippen LogP contribution in [0.5, 0.6) is 5.75 Å². The van der Waals surface area contributed by atoms with E-state index in [2.05, 4.69) is 5.32 Å². The Morgan fingerprint density at radius 1 is 1.26 bits per heavy atom. The molecule has 11 heteroatoms. The van der Waals surface area contributed by atoms with Crippen molar-refractivity contribution in [1.29, 1.82) is 5.41 Å². The Morgan fingerprint density at radius 2 is 1.97 bits per heavy atom. The number of nitrogen functional groups attached to an aromatic ring is 1. The van der Waals surface area contributed by atoms with Crippen LogP contribution in [0.15, 0.2) is 30.3 Å². The van der Waals surface area contributed by atoms with Gasteiger partial charge in [0.2, 0.25) is 5.91 Å². The van der Waals surface area contributed by atoms with Crippen molar-refractivity contribution in [2.45, 2.75) is 52.0 Å². The van der Waals surface area contributed by atoms with Crippen LogP contribution < -0.4 is 15.8 Å². The van der Waals surface area contributed by atoms with Crippen LogP contribution in [0.2, 0.25) is 0 Å². The molecule has 1 saturated carbocycles. The number of amides is 1. The van der Waals surface area contributed by atoms with E-state index in [1.807, 2.05) is 0 Å². The Bertz CT molecular complexity index is 1120. The SMILES string of the molecule is CC(C)(Cc1ccc(C(=O)Oc2ccc(C(=N)N)cc2F)s1)C(=O)N[C@H]1CCC[C@@H](C(=O)O)C1.Cl.